The van der Waals surface area contributed by atoms with Gasteiger partial charge in [-0.05, 0) is 24.0 Å². The van der Waals surface area contributed by atoms with E-state index in [9.17, 15) is 24.0 Å². The minimum absolute atomic E-state index is 0.123. The molecule has 2 aromatic carbocycles. The van der Waals surface area contributed by atoms with Crippen molar-refractivity contribution in [1.82, 2.24) is 15.5 Å². The molecule has 0 radical (unpaired) electrons. The number of rotatable bonds is 12. The van der Waals surface area contributed by atoms with Gasteiger partial charge in [-0.3, -0.25) is 19.2 Å². The molecule has 0 aliphatic heterocycles. The number of fused-ring (bicyclic) bond motifs is 3. The largest absolute Gasteiger partial charge is 0.436 e. The van der Waals surface area contributed by atoms with Crippen LogP contribution >= 0.6 is 0 Å². The average molecular weight is 536 g/mol. The monoisotopic (exact) mass is 535 g/mol. The van der Waals surface area contributed by atoms with E-state index in [1.54, 1.807) is 20.8 Å². The summed E-state index contributed by atoms with van der Waals surface area (Å²) in [6.45, 7) is 5.08. The Labute approximate surface area is 229 Å². The predicted octanol–water partition coefficient (Wildman–Crippen LogP) is 3.80. The first-order valence-corrected chi connectivity index (χ1v) is 13.2. The quantitative estimate of drug-likeness (QED) is 0.315. The number of carbonyl (C=O) groups is 5. The number of carbonyl (C=O) groups excluding carboxylic acids is 5. The Kier molecular flexibility index (Phi) is 9.98. The Morgan fingerprint density at radius 1 is 0.846 bits per heavy atom. The number of likely N-dealkylation sites (N-methyl/N-ethyl adjacent to an activating group) is 1. The van der Waals surface area contributed by atoms with Crippen LogP contribution in [0.4, 0.5) is 4.79 Å². The van der Waals surface area contributed by atoms with Gasteiger partial charge < -0.3 is 20.3 Å². The highest BCUT2D eigenvalue weighted by Crippen LogP contribution is 2.45. The first-order chi connectivity index (χ1) is 18.5. The van der Waals surface area contributed by atoms with Crippen molar-refractivity contribution in [2.45, 2.75) is 52.6 Å². The number of nitrogens with one attached hydrogen (secondary N) is 2. The molecular weight excluding hydrogens is 498 g/mol. The lowest BCUT2D eigenvalue weighted by molar-refractivity contribution is -0.142. The molecular formula is C30H37N3O6. The third kappa shape index (κ3) is 7.99. The van der Waals surface area contributed by atoms with E-state index in [4.69, 9.17) is 4.74 Å². The van der Waals surface area contributed by atoms with E-state index >= 15 is 0 Å². The molecule has 3 amide bonds. The molecule has 0 saturated carbocycles. The van der Waals surface area contributed by atoms with Crippen LogP contribution in [-0.4, -0.2) is 61.1 Å². The molecule has 9 heteroatoms. The first-order valence-electron chi connectivity index (χ1n) is 13.2. The molecule has 0 saturated heterocycles. The van der Waals surface area contributed by atoms with E-state index in [0.29, 0.717) is 25.8 Å². The fourth-order valence-electron chi connectivity index (χ4n) is 4.30. The van der Waals surface area contributed by atoms with Crippen molar-refractivity contribution < 1.29 is 28.7 Å². The minimum atomic E-state index is -0.718. The highest BCUT2D eigenvalue weighted by Gasteiger charge is 2.32. The predicted molar refractivity (Wildman–Crippen MR) is 147 cm³/mol. The summed E-state index contributed by atoms with van der Waals surface area (Å²) in [6.07, 6.45) is 1.05. The van der Waals surface area contributed by atoms with Gasteiger partial charge in [-0.25, -0.2) is 4.79 Å². The zero-order valence-electron chi connectivity index (χ0n) is 23.0. The number of hydrogen-bond acceptors (Lipinski definition) is 6. The second kappa shape index (κ2) is 13.2. The van der Waals surface area contributed by atoms with Crippen molar-refractivity contribution in [3.05, 3.63) is 59.7 Å². The van der Waals surface area contributed by atoms with Gasteiger partial charge in [0.15, 0.2) is 11.9 Å². The number of hydrogen-bond donors (Lipinski definition) is 2. The molecule has 39 heavy (non-hydrogen) atoms. The molecule has 0 unspecified atom stereocenters. The summed E-state index contributed by atoms with van der Waals surface area (Å²) < 4.78 is 5.78. The standard InChI is InChI=1S/C30H37N3O6/c1-30(2,3)27(36)28(37)31-17-11-5-6-12-20(34)18-32-25(35)19-33(4)29(38)39-26-23-15-9-7-13-21(23)22-14-8-10-16-24(22)26/h7-10,13-16,26H,5-6,11-12,17-19H2,1-4H3,(H,31,37)(H,32,35). The maximum Gasteiger partial charge on any atom is 0.410 e. The van der Waals surface area contributed by atoms with Crippen molar-refractivity contribution in [2.24, 2.45) is 5.41 Å². The van der Waals surface area contributed by atoms with Crippen LogP contribution in [0.15, 0.2) is 48.5 Å². The zero-order valence-corrected chi connectivity index (χ0v) is 23.0. The van der Waals surface area contributed by atoms with Crippen molar-refractivity contribution in [1.29, 1.82) is 0 Å². The Morgan fingerprint density at radius 3 is 2.03 bits per heavy atom. The van der Waals surface area contributed by atoms with E-state index in [2.05, 4.69) is 10.6 Å². The molecule has 2 aromatic rings. The molecule has 0 spiro atoms. The SMILES string of the molecule is CN(CC(=O)NCC(=O)CCCCCNC(=O)C(=O)C(C)(C)C)C(=O)OC1c2ccccc2-c2ccccc21. The fraction of sp³-hybridized carbons (Fsp3) is 0.433. The maximum absolute atomic E-state index is 12.8. The highest BCUT2D eigenvalue weighted by molar-refractivity contribution is 6.37. The van der Waals surface area contributed by atoms with Gasteiger partial charge in [0.1, 0.15) is 6.54 Å². The molecule has 9 nitrogen and oxygen atoms in total. The molecule has 0 bridgehead atoms. The summed E-state index contributed by atoms with van der Waals surface area (Å²) >= 11 is 0. The van der Waals surface area contributed by atoms with Crippen molar-refractivity contribution in [3.8, 4) is 11.1 Å². The van der Waals surface area contributed by atoms with Crippen LogP contribution < -0.4 is 10.6 Å². The van der Waals surface area contributed by atoms with Crippen LogP contribution in [0, 0.1) is 5.41 Å². The van der Waals surface area contributed by atoms with Crippen molar-refractivity contribution in [3.63, 3.8) is 0 Å². The van der Waals surface area contributed by atoms with E-state index in [-0.39, 0.29) is 25.3 Å². The molecule has 208 valence electrons. The van der Waals surface area contributed by atoms with E-state index in [1.807, 2.05) is 48.5 Å². The topological polar surface area (TPSA) is 122 Å². The average Bonchev–Trinajstić information content (AvgIpc) is 3.21. The number of amides is 3. The Morgan fingerprint density at radius 2 is 1.44 bits per heavy atom. The second-order valence-corrected chi connectivity index (χ2v) is 10.8. The molecule has 0 heterocycles. The van der Waals surface area contributed by atoms with Gasteiger partial charge in [0.2, 0.25) is 11.7 Å². The summed E-state index contributed by atoms with van der Waals surface area (Å²) in [4.78, 5) is 62.0. The van der Waals surface area contributed by atoms with E-state index in [0.717, 1.165) is 22.3 Å². The summed E-state index contributed by atoms with van der Waals surface area (Å²) in [5, 5.41) is 5.16. The van der Waals surface area contributed by atoms with Gasteiger partial charge in [0.25, 0.3) is 5.91 Å². The van der Waals surface area contributed by atoms with Crippen LogP contribution in [0.1, 0.15) is 63.7 Å². The molecule has 1 aliphatic carbocycles. The smallest absolute Gasteiger partial charge is 0.410 e. The first kappa shape index (κ1) is 29.5. The number of ether oxygens (including phenoxy) is 1. The molecule has 0 aromatic heterocycles. The number of nitrogens with zero attached hydrogens (tertiary/aromatic N) is 1. The molecule has 0 fully saturated rings. The van der Waals surface area contributed by atoms with Gasteiger partial charge in [-0.1, -0.05) is 75.7 Å². The third-order valence-electron chi connectivity index (χ3n) is 6.48. The van der Waals surface area contributed by atoms with Crippen LogP contribution in [0.2, 0.25) is 0 Å². The number of benzene rings is 2. The van der Waals surface area contributed by atoms with E-state index < -0.39 is 35.2 Å². The zero-order chi connectivity index (χ0) is 28.6. The maximum atomic E-state index is 12.8. The second-order valence-electron chi connectivity index (χ2n) is 10.8. The Balaban J connectivity index is 1.34. The molecule has 1 aliphatic rings. The fourth-order valence-corrected chi connectivity index (χ4v) is 4.30. The van der Waals surface area contributed by atoms with Gasteiger partial charge in [-0.15, -0.1) is 0 Å². The Bertz CT molecular complexity index is 1190. The summed E-state index contributed by atoms with van der Waals surface area (Å²) in [5.74, 6) is -1.63. The lowest BCUT2D eigenvalue weighted by atomic mass is 9.90. The molecule has 3 rings (SSSR count). The third-order valence-corrected chi connectivity index (χ3v) is 6.48. The van der Waals surface area contributed by atoms with Gasteiger partial charge >= 0.3 is 6.09 Å². The number of unbranched alkanes of at least 4 members (excludes halogenated alkanes) is 2. The lowest BCUT2D eigenvalue weighted by Gasteiger charge is -2.21. The van der Waals surface area contributed by atoms with Crippen LogP contribution in [0.3, 0.4) is 0 Å². The van der Waals surface area contributed by atoms with Crippen molar-refractivity contribution >= 4 is 29.5 Å². The van der Waals surface area contributed by atoms with Crippen LogP contribution in [0.5, 0.6) is 0 Å². The van der Waals surface area contributed by atoms with Crippen LogP contribution in [0.25, 0.3) is 11.1 Å². The van der Waals surface area contributed by atoms with E-state index in [1.165, 1.54) is 11.9 Å². The number of ketones is 2. The van der Waals surface area contributed by atoms with Gasteiger partial charge in [0, 0.05) is 36.6 Å². The molecule has 2 N–H and O–H groups in total. The van der Waals surface area contributed by atoms with Crippen molar-refractivity contribution in [2.75, 3.05) is 26.7 Å². The summed E-state index contributed by atoms with van der Waals surface area (Å²) in [7, 11) is 1.48. The minimum Gasteiger partial charge on any atom is -0.436 e. The number of Topliss-reactive ketones (excluding diaryl/α,β-unsaturated/α-hetero) is 2. The van der Waals surface area contributed by atoms with Gasteiger partial charge in [0.05, 0.1) is 6.54 Å². The van der Waals surface area contributed by atoms with Gasteiger partial charge in [-0.2, -0.15) is 0 Å². The Hall–Kier alpha value is -4.01. The summed E-state index contributed by atoms with van der Waals surface area (Å²) in [6, 6.07) is 15.5. The molecule has 0 atom stereocenters. The van der Waals surface area contributed by atoms with Crippen LogP contribution in [-0.2, 0) is 23.9 Å². The normalized spacial score (nSPS) is 12.2. The lowest BCUT2D eigenvalue weighted by Crippen LogP contribution is -2.40. The highest BCUT2D eigenvalue weighted by atomic mass is 16.6. The summed E-state index contributed by atoms with van der Waals surface area (Å²) in [5.41, 5.74) is 3.12.